The highest BCUT2D eigenvalue weighted by molar-refractivity contribution is 5.84. The van der Waals surface area contributed by atoms with Crippen LogP contribution in [0.4, 0.5) is 0 Å². The number of benzene rings is 1. The van der Waals surface area contributed by atoms with Gasteiger partial charge in [0.05, 0.1) is 6.54 Å². The zero-order chi connectivity index (χ0) is 13.4. The third-order valence-corrected chi connectivity index (χ3v) is 2.66. The molecule has 0 aliphatic rings. The standard InChI is InChI=1S/C14H20N2O2/c1-3-6-13(17)16-10-14(18)15-9-12-8-5-4-7-11(12)2/h4-5,7-8H,3,6,9-10H2,1-2H3,(H,15,18)(H,16,17). The molecule has 98 valence electrons. The summed E-state index contributed by atoms with van der Waals surface area (Å²) < 4.78 is 0. The minimum atomic E-state index is -0.164. The van der Waals surface area contributed by atoms with Gasteiger partial charge in [0.25, 0.3) is 0 Å². The van der Waals surface area contributed by atoms with Crippen molar-refractivity contribution in [3.63, 3.8) is 0 Å². The number of amides is 2. The van der Waals surface area contributed by atoms with Crippen molar-refractivity contribution in [3.05, 3.63) is 35.4 Å². The van der Waals surface area contributed by atoms with Crippen molar-refractivity contribution >= 4 is 11.8 Å². The van der Waals surface area contributed by atoms with Crippen LogP contribution in [0.5, 0.6) is 0 Å². The molecule has 0 aromatic heterocycles. The molecule has 2 N–H and O–H groups in total. The molecule has 0 aliphatic carbocycles. The van der Waals surface area contributed by atoms with E-state index in [4.69, 9.17) is 0 Å². The van der Waals surface area contributed by atoms with Crippen molar-refractivity contribution < 1.29 is 9.59 Å². The van der Waals surface area contributed by atoms with Gasteiger partial charge in [0.15, 0.2) is 0 Å². The first kappa shape index (κ1) is 14.2. The summed E-state index contributed by atoms with van der Waals surface area (Å²) >= 11 is 0. The van der Waals surface area contributed by atoms with Crippen LogP contribution in [0, 0.1) is 6.92 Å². The van der Waals surface area contributed by atoms with E-state index in [2.05, 4.69) is 10.6 Å². The fourth-order valence-electron chi connectivity index (χ4n) is 1.56. The molecule has 2 amide bonds. The van der Waals surface area contributed by atoms with Crippen molar-refractivity contribution in [3.8, 4) is 0 Å². The quantitative estimate of drug-likeness (QED) is 0.802. The summed E-state index contributed by atoms with van der Waals surface area (Å²) in [6.07, 6.45) is 1.25. The van der Waals surface area contributed by atoms with Gasteiger partial charge in [-0.25, -0.2) is 0 Å². The Bertz CT molecular complexity index is 416. The van der Waals surface area contributed by atoms with Gasteiger partial charge in [0, 0.05) is 13.0 Å². The maximum Gasteiger partial charge on any atom is 0.239 e. The van der Waals surface area contributed by atoms with Gasteiger partial charge in [-0.3, -0.25) is 9.59 Å². The van der Waals surface area contributed by atoms with Crippen LogP contribution < -0.4 is 10.6 Å². The molecule has 0 unspecified atom stereocenters. The SMILES string of the molecule is CCCC(=O)NCC(=O)NCc1ccccc1C. The highest BCUT2D eigenvalue weighted by atomic mass is 16.2. The van der Waals surface area contributed by atoms with E-state index in [1.54, 1.807) is 0 Å². The molecule has 1 rings (SSSR count). The number of carbonyl (C=O) groups is 2. The Labute approximate surface area is 108 Å². The van der Waals surface area contributed by atoms with E-state index in [0.29, 0.717) is 13.0 Å². The topological polar surface area (TPSA) is 58.2 Å². The van der Waals surface area contributed by atoms with E-state index in [1.807, 2.05) is 38.1 Å². The van der Waals surface area contributed by atoms with Crippen LogP contribution in [0.3, 0.4) is 0 Å². The molecule has 0 atom stereocenters. The minimum absolute atomic E-state index is 0.0463. The van der Waals surface area contributed by atoms with Crippen LogP contribution in [0.15, 0.2) is 24.3 Å². The molecule has 0 bridgehead atoms. The number of hydrogen-bond donors (Lipinski definition) is 2. The van der Waals surface area contributed by atoms with Crippen LogP contribution in [0.1, 0.15) is 30.9 Å². The first-order chi connectivity index (χ1) is 8.63. The lowest BCUT2D eigenvalue weighted by molar-refractivity contribution is -0.126. The van der Waals surface area contributed by atoms with Crippen molar-refractivity contribution in [1.82, 2.24) is 10.6 Å². The van der Waals surface area contributed by atoms with E-state index >= 15 is 0 Å². The molecule has 0 heterocycles. The summed E-state index contributed by atoms with van der Waals surface area (Å²) in [7, 11) is 0. The lowest BCUT2D eigenvalue weighted by atomic mass is 10.1. The average molecular weight is 248 g/mol. The summed E-state index contributed by atoms with van der Waals surface area (Å²) in [4.78, 5) is 22.7. The monoisotopic (exact) mass is 248 g/mol. The Kier molecular flexibility index (Phi) is 5.91. The van der Waals surface area contributed by atoms with Crippen molar-refractivity contribution in [2.45, 2.75) is 33.2 Å². The van der Waals surface area contributed by atoms with Gasteiger partial charge in [0.1, 0.15) is 0 Å². The van der Waals surface area contributed by atoms with Crippen molar-refractivity contribution in [2.24, 2.45) is 0 Å². The highest BCUT2D eigenvalue weighted by Gasteiger charge is 2.05. The largest absolute Gasteiger partial charge is 0.350 e. The molecular weight excluding hydrogens is 228 g/mol. The van der Waals surface area contributed by atoms with Crippen LogP contribution in [0.25, 0.3) is 0 Å². The third-order valence-electron chi connectivity index (χ3n) is 2.66. The Morgan fingerprint density at radius 3 is 2.50 bits per heavy atom. The molecule has 1 aromatic rings. The lowest BCUT2D eigenvalue weighted by Gasteiger charge is -2.08. The molecule has 4 nitrogen and oxygen atoms in total. The Morgan fingerprint density at radius 1 is 1.11 bits per heavy atom. The number of hydrogen-bond acceptors (Lipinski definition) is 2. The Hall–Kier alpha value is -1.84. The number of aryl methyl sites for hydroxylation is 1. The normalized spacial score (nSPS) is 9.89. The smallest absolute Gasteiger partial charge is 0.239 e. The van der Waals surface area contributed by atoms with Gasteiger partial charge in [-0.2, -0.15) is 0 Å². The van der Waals surface area contributed by atoms with Crippen molar-refractivity contribution in [2.75, 3.05) is 6.54 Å². The summed E-state index contributed by atoms with van der Waals surface area (Å²) in [5, 5.41) is 5.37. The second kappa shape index (κ2) is 7.48. The molecule has 4 heteroatoms. The van der Waals surface area contributed by atoms with E-state index in [9.17, 15) is 9.59 Å². The first-order valence-electron chi connectivity index (χ1n) is 6.21. The van der Waals surface area contributed by atoms with Gasteiger partial charge in [-0.05, 0) is 24.5 Å². The molecular formula is C14H20N2O2. The van der Waals surface area contributed by atoms with Crippen molar-refractivity contribution in [1.29, 1.82) is 0 Å². The molecule has 0 aliphatic heterocycles. The van der Waals surface area contributed by atoms with Crippen LogP contribution >= 0.6 is 0 Å². The summed E-state index contributed by atoms with van der Waals surface area (Å²) in [5.74, 6) is -0.244. The minimum Gasteiger partial charge on any atom is -0.350 e. The van der Waals surface area contributed by atoms with Crippen LogP contribution in [-0.4, -0.2) is 18.4 Å². The first-order valence-corrected chi connectivity index (χ1v) is 6.21. The summed E-state index contributed by atoms with van der Waals surface area (Å²) in [5.41, 5.74) is 2.23. The lowest BCUT2D eigenvalue weighted by Crippen LogP contribution is -2.36. The molecule has 0 saturated carbocycles. The predicted octanol–water partition coefficient (Wildman–Crippen LogP) is 1.53. The molecule has 0 saturated heterocycles. The summed E-state index contributed by atoms with van der Waals surface area (Å²) in [6.45, 7) is 4.47. The van der Waals surface area contributed by atoms with Gasteiger partial charge < -0.3 is 10.6 Å². The van der Waals surface area contributed by atoms with E-state index in [1.165, 1.54) is 0 Å². The van der Waals surface area contributed by atoms with E-state index in [0.717, 1.165) is 17.5 Å². The fourth-order valence-corrected chi connectivity index (χ4v) is 1.56. The predicted molar refractivity (Wildman–Crippen MR) is 70.9 cm³/mol. The van der Waals surface area contributed by atoms with E-state index < -0.39 is 0 Å². The van der Waals surface area contributed by atoms with Gasteiger partial charge in [0.2, 0.25) is 11.8 Å². The molecule has 1 aromatic carbocycles. The number of rotatable bonds is 6. The second-order valence-electron chi connectivity index (χ2n) is 4.23. The summed E-state index contributed by atoms with van der Waals surface area (Å²) in [6, 6.07) is 7.89. The average Bonchev–Trinajstić information content (AvgIpc) is 2.36. The van der Waals surface area contributed by atoms with Crippen LogP contribution in [-0.2, 0) is 16.1 Å². The van der Waals surface area contributed by atoms with E-state index in [-0.39, 0.29) is 18.4 Å². The molecule has 0 spiro atoms. The van der Waals surface area contributed by atoms with Gasteiger partial charge in [-0.15, -0.1) is 0 Å². The highest BCUT2D eigenvalue weighted by Crippen LogP contribution is 2.05. The molecule has 18 heavy (non-hydrogen) atoms. The van der Waals surface area contributed by atoms with Gasteiger partial charge >= 0.3 is 0 Å². The number of nitrogens with one attached hydrogen (secondary N) is 2. The van der Waals surface area contributed by atoms with Gasteiger partial charge in [-0.1, -0.05) is 31.2 Å². The zero-order valence-electron chi connectivity index (χ0n) is 11.0. The molecule has 0 fully saturated rings. The zero-order valence-corrected chi connectivity index (χ0v) is 11.0. The Morgan fingerprint density at radius 2 is 1.83 bits per heavy atom. The number of carbonyl (C=O) groups excluding carboxylic acids is 2. The van der Waals surface area contributed by atoms with Crippen LogP contribution in [0.2, 0.25) is 0 Å². The Balaban J connectivity index is 2.29. The maximum absolute atomic E-state index is 11.5. The molecule has 0 radical (unpaired) electrons. The fraction of sp³-hybridized carbons (Fsp3) is 0.429. The second-order valence-corrected chi connectivity index (χ2v) is 4.23. The third kappa shape index (κ3) is 4.99. The maximum atomic E-state index is 11.5.